The number of benzene rings is 1. The topological polar surface area (TPSA) is 97.4 Å². The second-order valence-electron chi connectivity index (χ2n) is 4.80. The number of amides is 1. The van der Waals surface area contributed by atoms with Crippen molar-refractivity contribution in [1.82, 2.24) is 9.71 Å². The van der Waals surface area contributed by atoms with Crippen LogP contribution in [0.5, 0.6) is 0 Å². The maximum atomic E-state index is 13.2. The zero-order valence-electron chi connectivity index (χ0n) is 13.0. The SMILES string of the molecule is CNS(=O)(=O)OCC(=O)Nc1nc(C)c(Cc2cccc(F)c2)s1. The molecular formula is C14H16FN3O4S2. The van der Waals surface area contributed by atoms with Crippen LogP contribution in [0.15, 0.2) is 24.3 Å². The second-order valence-corrected chi connectivity index (χ2v) is 7.44. The number of carbonyl (C=O) groups is 1. The number of hydrogen-bond acceptors (Lipinski definition) is 6. The van der Waals surface area contributed by atoms with Gasteiger partial charge in [0, 0.05) is 18.3 Å². The highest BCUT2D eigenvalue weighted by atomic mass is 32.2. The summed E-state index contributed by atoms with van der Waals surface area (Å²) in [5.41, 5.74) is 1.51. The molecule has 0 unspecified atom stereocenters. The maximum absolute atomic E-state index is 13.2. The van der Waals surface area contributed by atoms with E-state index in [9.17, 15) is 17.6 Å². The van der Waals surface area contributed by atoms with Gasteiger partial charge in [-0.3, -0.25) is 10.1 Å². The van der Waals surface area contributed by atoms with Crippen molar-refractivity contribution in [2.75, 3.05) is 19.0 Å². The summed E-state index contributed by atoms with van der Waals surface area (Å²) < 4.78 is 41.8. The molecule has 0 aliphatic carbocycles. The van der Waals surface area contributed by atoms with Gasteiger partial charge in [-0.05, 0) is 24.6 Å². The van der Waals surface area contributed by atoms with Crippen molar-refractivity contribution in [2.45, 2.75) is 13.3 Å². The molecule has 2 N–H and O–H groups in total. The van der Waals surface area contributed by atoms with E-state index in [0.717, 1.165) is 10.4 Å². The van der Waals surface area contributed by atoms with Crippen molar-refractivity contribution in [3.63, 3.8) is 0 Å². The zero-order chi connectivity index (χ0) is 17.7. The molecule has 7 nitrogen and oxygen atoms in total. The first-order chi connectivity index (χ1) is 11.3. The Morgan fingerprint density at radius 1 is 1.42 bits per heavy atom. The summed E-state index contributed by atoms with van der Waals surface area (Å²) in [6.07, 6.45) is 0.488. The van der Waals surface area contributed by atoms with E-state index in [2.05, 4.69) is 14.5 Å². The number of nitrogens with zero attached hydrogens (tertiary/aromatic N) is 1. The third-order valence-electron chi connectivity index (χ3n) is 2.99. The first kappa shape index (κ1) is 18.5. The smallest absolute Gasteiger partial charge is 0.300 e. The van der Waals surface area contributed by atoms with E-state index in [-0.39, 0.29) is 5.82 Å². The van der Waals surface area contributed by atoms with Crippen LogP contribution in [0.4, 0.5) is 9.52 Å². The second kappa shape index (κ2) is 7.79. The lowest BCUT2D eigenvalue weighted by atomic mass is 10.1. The lowest BCUT2D eigenvalue weighted by molar-refractivity contribution is -0.118. The molecule has 0 fully saturated rings. The highest BCUT2D eigenvalue weighted by Crippen LogP contribution is 2.25. The molecule has 0 saturated carbocycles. The maximum Gasteiger partial charge on any atom is 0.336 e. The molecule has 2 aromatic rings. The van der Waals surface area contributed by atoms with Crippen molar-refractivity contribution >= 4 is 32.7 Å². The molecule has 24 heavy (non-hydrogen) atoms. The number of hydrogen-bond donors (Lipinski definition) is 2. The number of nitrogens with one attached hydrogen (secondary N) is 2. The lowest BCUT2D eigenvalue weighted by Crippen LogP contribution is -2.27. The fourth-order valence-electron chi connectivity index (χ4n) is 1.82. The van der Waals surface area contributed by atoms with Gasteiger partial charge in [0.2, 0.25) is 0 Å². The largest absolute Gasteiger partial charge is 0.336 e. The highest BCUT2D eigenvalue weighted by Gasteiger charge is 2.14. The standard InChI is InChI=1S/C14H16FN3O4S2/c1-9-12(7-10-4-3-5-11(15)6-10)23-14(17-9)18-13(19)8-22-24(20,21)16-2/h3-6,16H,7-8H2,1-2H3,(H,17,18,19). The average molecular weight is 373 g/mol. The van der Waals surface area contributed by atoms with Crippen LogP contribution in [0.25, 0.3) is 0 Å². The molecule has 2 rings (SSSR count). The first-order valence-electron chi connectivity index (χ1n) is 6.87. The van der Waals surface area contributed by atoms with Crippen LogP contribution in [0.1, 0.15) is 16.1 Å². The Bertz CT molecular complexity index is 836. The third kappa shape index (κ3) is 5.34. The molecule has 0 bridgehead atoms. The van der Waals surface area contributed by atoms with E-state index < -0.39 is 22.8 Å². The minimum absolute atomic E-state index is 0.314. The molecule has 0 aliphatic rings. The van der Waals surface area contributed by atoms with E-state index in [0.29, 0.717) is 17.2 Å². The van der Waals surface area contributed by atoms with Gasteiger partial charge in [-0.2, -0.15) is 13.1 Å². The van der Waals surface area contributed by atoms with Crippen molar-refractivity contribution < 1.29 is 21.8 Å². The van der Waals surface area contributed by atoms with Gasteiger partial charge in [-0.15, -0.1) is 11.3 Å². The number of carbonyl (C=O) groups excluding carboxylic acids is 1. The molecular weight excluding hydrogens is 357 g/mol. The molecule has 10 heteroatoms. The van der Waals surface area contributed by atoms with Gasteiger partial charge in [0.25, 0.3) is 5.91 Å². The highest BCUT2D eigenvalue weighted by molar-refractivity contribution is 7.84. The molecule has 1 aromatic carbocycles. The number of rotatable bonds is 7. The van der Waals surface area contributed by atoms with Crippen molar-refractivity contribution in [2.24, 2.45) is 0 Å². The quantitative estimate of drug-likeness (QED) is 0.768. The minimum Gasteiger partial charge on any atom is -0.300 e. The molecule has 0 radical (unpaired) electrons. The van der Waals surface area contributed by atoms with Gasteiger partial charge in [0.15, 0.2) is 5.13 Å². The molecule has 0 atom stereocenters. The van der Waals surface area contributed by atoms with Gasteiger partial charge < -0.3 is 0 Å². The van der Waals surface area contributed by atoms with Crippen molar-refractivity contribution in [1.29, 1.82) is 0 Å². The predicted octanol–water partition coefficient (Wildman–Crippen LogP) is 1.60. The zero-order valence-corrected chi connectivity index (χ0v) is 14.6. The van der Waals surface area contributed by atoms with Crippen LogP contribution >= 0.6 is 11.3 Å². The van der Waals surface area contributed by atoms with Crippen LogP contribution in [0, 0.1) is 12.7 Å². The minimum atomic E-state index is -3.92. The Balaban J connectivity index is 1.99. The summed E-state index contributed by atoms with van der Waals surface area (Å²) >= 11 is 1.24. The van der Waals surface area contributed by atoms with E-state index in [1.54, 1.807) is 19.1 Å². The third-order valence-corrected chi connectivity index (χ3v) is 4.99. The van der Waals surface area contributed by atoms with E-state index in [4.69, 9.17) is 0 Å². The average Bonchev–Trinajstić information content (AvgIpc) is 2.85. The predicted molar refractivity (Wildman–Crippen MR) is 88.6 cm³/mol. The first-order valence-corrected chi connectivity index (χ1v) is 9.10. The molecule has 0 aliphatic heterocycles. The van der Waals surface area contributed by atoms with Crippen LogP contribution in [0.2, 0.25) is 0 Å². The number of aryl methyl sites for hydroxylation is 1. The van der Waals surface area contributed by atoms with E-state index in [1.807, 2.05) is 4.72 Å². The van der Waals surface area contributed by atoms with Gasteiger partial charge in [0.1, 0.15) is 12.4 Å². The summed E-state index contributed by atoms with van der Waals surface area (Å²) in [6.45, 7) is 1.13. The van der Waals surface area contributed by atoms with E-state index >= 15 is 0 Å². The van der Waals surface area contributed by atoms with Crippen molar-refractivity contribution in [3.05, 3.63) is 46.2 Å². The van der Waals surface area contributed by atoms with Crippen LogP contribution < -0.4 is 10.0 Å². The fraction of sp³-hybridized carbons (Fsp3) is 0.286. The lowest BCUT2D eigenvalue weighted by Gasteiger charge is -2.03. The van der Waals surface area contributed by atoms with E-state index in [1.165, 1.54) is 30.5 Å². The summed E-state index contributed by atoms with van der Waals surface area (Å²) in [5, 5.41) is 2.80. The summed E-state index contributed by atoms with van der Waals surface area (Å²) in [4.78, 5) is 16.8. The number of aromatic nitrogens is 1. The van der Waals surface area contributed by atoms with Crippen LogP contribution in [0.3, 0.4) is 0 Å². The van der Waals surface area contributed by atoms with Gasteiger partial charge in [-0.1, -0.05) is 12.1 Å². The van der Waals surface area contributed by atoms with Gasteiger partial charge in [-0.25, -0.2) is 13.6 Å². The Hall–Kier alpha value is -1.88. The summed E-state index contributed by atoms with van der Waals surface area (Å²) in [7, 11) is -2.74. The Morgan fingerprint density at radius 3 is 2.83 bits per heavy atom. The fourth-order valence-corrected chi connectivity index (χ4v) is 3.22. The number of anilines is 1. The van der Waals surface area contributed by atoms with Crippen LogP contribution in [-0.2, 0) is 25.7 Å². The number of thiazole rings is 1. The molecule has 1 aromatic heterocycles. The molecule has 0 spiro atoms. The van der Waals surface area contributed by atoms with Crippen LogP contribution in [-0.4, -0.2) is 33.0 Å². The van der Waals surface area contributed by atoms with Crippen molar-refractivity contribution in [3.8, 4) is 0 Å². The Morgan fingerprint density at radius 2 is 2.17 bits per heavy atom. The molecule has 0 saturated heterocycles. The Labute approximate surface area is 143 Å². The van der Waals surface area contributed by atoms with Gasteiger partial charge in [0.05, 0.1) is 5.69 Å². The Kier molecular flexibility index (Phi) is 5.99. The normalized spacial score (nSPS) is 11.5. The molecule has 1 heterocycles. The summed E-state index contributed by atoms with van der Waals surface area (Å²) in [5.74, 6) is -0.953. The monoisotopic (exact) mass is 373 g/mol. The number of halogens is 1. The molecule has 130 valence electrons. The molecule has 1 amide bonds. The van der Waals surface area contributed by atoms with Gasteiger partial charge >= 0.3 is 10.3 Å². The summed E-state index contributed by atoms with van der Waals surface area (Å²) in [6, 6.07) is 6.24.